The highest BCUT2D eigenvalue weighted by molar-refractivity contribution is 6.32. The number of amides is 1. The second-order valence-electron chi connectivity index (χ2n) is 4.81. The minimum absolute atomic E-state index is 0.128. The highest BCUT2D eigenvalue weighted by Gasteiger charge is 2.09. The number of nitrogens with one attached hydrogen (secondary N) is 1. The second kappa shape index (κ2) is 6.50. The Balaban J connectivity index is 2.01. The van der Waals surface area contributed by atoms with E-state index in [-0.39, 0.29) is 12.5 Å². The normalized spacial score (nSPS) is 10.2. The Morgan fingerprint density at radius 3 is 2.76 bits per heavy atom. The first-order valence-corrected chi connectivity index (χ1v) is 6.89. The van der Waals surface area contributed by atoms with Crippen molar-refractivity contribution in [3.63, 3.8) is 0 Å². The lowest BCUT2D eigenvalue weighted by molar-refractivity contribution is -0.118. The van der Waals surface area contributed by atoms with Gasteiger partial charge in [0.25, 0.3) is 5.91 Å². The summed E-state index contributed by atoms with van der Waals surface area (Å²) in [7, 11) is 0. The molecule has 21 heavy (non-hydrogen) atoms. The Morgan fingerprint density at radius 1 is 1.29 bits per heavy atom. The molecule has 0 heterocycles. The largest absolute Gasteiger partial charge is 0.482 e. The quantitative estimate of drug-likeness (QED) is 0.849. The summed E-state index contributed by atoms with van der Waals surface area (Å²) in [4.78, 5) is 12.0. The number of hydrogen-bond acceptors (Lipinski definition) is 3. The van der Waals surface area contributed by atoms with Gasteiger partial charge < -0.3 is 15.8 Å². The molecule has 0 aliphatic carbocycles. The Hall–Kier alpha value is -2.20. The zero-order valence-corrected chi connectivity index (χ0v) is 12.7. The molecule has 0 radical (unpaired) electrons. The summed E-state index contributed by atoms with van der Waals surface area (Å²) in [5, 5.41) is 3.23. The molecule has 5 heteroatoms. The van der Waals surface area contributed by atoms with Gasteiger partial charge in [-0.2, -0.15) is 0 Å². The Labute approximate surface area is 128 Å². The molecule has 110 valence electrons. The van der Waals surface area contributed by atoms with Gasteiger partial charge in [0, 0.05) is 0 Å². The van der Waals surface area contributed by atoms with Crippen molar-refractivity contribution < 1.29 is 9.53 Å². The van der Waals surface area contributed by atoms with Gasteiger partial charge in [-0.1, -0.05) is 29.8 Å². The number of nitrogens with two attached hydrogens (primary N) is 1. The van der Waals surface area contributed by atoms with Crippen LogP contribution in [0.5, 0.6) is 5.75 Å². The van der Waals surface area contributed by atoms with E-state index in [9.17, 15) is 4.79 Å². The lowest BCUT2D eigenvalue weighted by Gasteiger charge is -2.12. The number of halogens is 1. The number of carbonyl (C=O) groups is 1. The van der Waals surface area contributed by atoms with E-state index in [1.807, 2.05) is 32.0 Å². The molecule has 0 saturated heterocycles. The van der Waals surface area contributed by atoms with Crippen LogP contribution in [0, 0.1) is 13.8 Å². The summed E-state index contributed by atoms with van der Waals surface area (Å²) >= 11 is 6.01. The van der Waals surface area contributed by atoms with E-state index < -0.39 is 0 Å². The third-order valence-corrected chi connectivity index (χ3v) is 3.33. The highest BCUT2D eigenvalue weighted by Crippen LogP contribution is 2.26. The molecule has 0 bridgehead atoms. The topological polar surface area (TPSA) is 64.3 Å². The van der Waals surface area contributed by atoms with Gasteiger partial charge in [-0.3, -0.25) is 4.79 Å². The first-order chi connectivity index (χ1) is 9.97. The van der Waals surface area contributed by atoms with Crippen molar-refractivity contribution in [3.8, 4) is 5.75 Å². The number of ether oxygens (including phenoxy) is 1. The van der Waals surface area contributed by atoms with E-state index in [0.717, 1.165) is 11.1 Å². The maximum absolute atomic E-state index is 12.0. The molecule has 0 unspecified atom stereocenters. The van der Waals surface area contributed by atoms with Crippen molar-refractivity contribution in [2.45, 2.75) is 13.8 Å². The number of carbonyl (C=O) groups excluding carboxylic acids is 1. The molecule has 0 saturated carbocycles. The SMILES string of the molecule is Cc1ccc(Cl)c(OCC(=O)Nc2c(C)cccc2N)c1. The summed E-state index contributed by atoms with van der Waals surface area (Å²) < 4.78 is 5.45. The average molecular weight is 305 g/mol. The smallest absolute Gasteiger partial charge is 0.262 e. The maximum atomic E-state index is 12.0. The van der Waals surface area contributed by atoms with E-state index in [1.54, 1.807) is 18.2 Å². The zero-order chi connectivity index (χ0) is 15.4. The monoisotopic (exact) mass is 304 g/mol. The lowest BCUT2D eigenvalue weighted by Crippen LogP contribution is -2.21. The van der Waals surface area contributed by atoms with Crippen molar-refractivity contribution in [1.29, 1.82) is 0 Å². The van der Waals surface area contributed by atoms with Gasteiger partial charge in [0.2, 0.25) is 0 Å². The minimum atomic E-state index is -0.284. The minimum Gasteiger partial charge on any atom is -0.482 e. The van der Waals surface area contributed by atoms with E-state index in [2.05, 4.69) is 5.32 Å². The van der Waals surface area contributed by atoms with Gasteiger partial charge >= 0.3 is 0 Å². The van der Waals surface area contributed by atoms with Crippen molar-refractivity contribution in [2.75, 3.05) is 17.7 Å². The number of benzene rings is 2. The Kier molecular flexibility index (Phi) is 4.70. The van der Waals surface area contributed by atoms with E-state index in [1.165, 1.54) is 0 Å². The lowest BCUT2D eigenvalue weighted by atomic mass is 10.1. The van der Waals surface area contributed by atoms with Crippen LogP contribution in [0.2, 0.25) is 5.02 Å². The number of aryl methyl sites for hydroxylation is 2. The predicted molar refractivity (Wildman–Crippen MR) is 85.9 cm³/mol. The molecule has 2 aromatic carbocycles. The van der Waals surface area contributed by atoms with Crippen LogP contribution in [0.3, 0.4) is 0 Å². The number of anilines is 2. The van der Waals surface area contributed by atoms with Crippen LogP contribution in [0.25, 0.3) is 0 Å². The van der Waals surface area contributed by atoms with E-state index in [4.69, 9.17) is 22.1 Å². The van der Waals surface area contributed by atoms with Crippen LogP contribution in [0.1, 0.15) is 11.1 Å². The van der Waals surface area contributed by atoms with Crippen LogP contribution in [0.15, 0.2) is 36.4 Å². The predicted octanol–water partition coefficient (Wildman–Crippen LogP) is 3.56. The fourth-order valence-corrected chi connectivity index (χ4v) is 2.07. The Bertz CT molecular complexity index is 651. The van der Waals surface area contributed by atoms with Crippen LogP contribution >= 0.6 is 11.6 Å². The molecular weight excluding hydrogens is 288 g/mol. The molecule has 3 N–H and O–H groups in total. The molecule has 0 fully saturated rings. The summed E-state index contributed by atoms with van der Waals surface area (Å²) in [5.41, 5.74) is 8.89. The van der Waals surface area contributed by atoms with Crippen LogP contribution in [-0.2, 0) is 4.79 Å². The molecule has 0 aliphatic heterocycles. The van der Waals surface area contributed by atoms with E-state index >= 15 is 0 Å². The molecule has 0 aromatic heterocycles. The second-order valence-corrected chi connectivity index (χ2v) is 5.22. The highest BCUT2D eigenvalue weighted by atomic mass is 35.5. The van der Waals surface area contributed by atoms with Gasteiger partial charge in [-0.15, -0.1) is 0 Å². The fraction of sp³-hybridized carbons (Fsp3) is 0.188. The van der Waals surface area contributed by atoms with Crippen molar-refractivity contribution >= 4 is 28.9 Å². The van der Waals surface area contributed by atoms with Gasteiger partial charge in [0.05, 0.1) is 16.4 Å². The molecule has 0 atom stereocenters. The van der Waals surface area contributed by atoms with Gasteiger partial charge in [0.15, 0.2) is 6.61 Å². The summed E-state index contributed by atoms with van der Waals surface area (Å²) in [5.74, 6) is 0.207. The molecule has 2 rings (SSSR count). The summed E-state index contributed by atoms with van der Waals surface area (Å²) in [6.07, 6.45) is 0. The molecule has 2 aromatic rings. The standard InChI is InChI=1S/C16H17ClN2O2/c1-10-6-7-12(17)14(8-10)21-9-15(20)19-16-11(2)4-3-5-13(16)18/h3-8H,9,18H2,1-2H3,(H,19,20). The molecule has 1 amide bonds. The number of hydrogen-bond donors (Lipinski definition) is 2. The average Bonchev–Trinajstić information content (AvgIpc) is 2.44. The van der Waals surface area contributed by atoms with Gasteiger partial charge in [-0.25, -0.2) is 0 Å². The van der Waals surface area contributed by atoms with E-state index in [0.29, 0.717) is 22.1 Å². The third kappa shape index (κ3) is 3.89. The summed E-state index contributed by atoms with van der Waals surface area (Å²) in [6.45, 7) is 3.68. The van der Waals surface area contributed by atoms with Crippen LogP contribution < -0.4 is 15.8 Å². The number of para-hydroxylation sites is 1. The van der Waals surface area contributed by atoms with Crippen molar-refractivity contribution in [2.24, 2.45) is 0 Å². The first-order valence-electron chi connectivity index (χ1n) is 6.51. The van der Waals surface area contributed by atoms with Gasteiger partial charge in [0.1, 0.15) is 5.75 Å². The number of nitrogen functional groups attached to an aromatic ring is 1. The Morgan fingerprint density at radius 2 is 2.05 bits per heavy atom. The fourth-order valence-electron chi connectivity index (χ4n) is 1.90. The molecule has 4 nitrogen and oxygen atoms in total. The maximum Gasteiger partial charge on any atom is 0.262 e. The van der Waals surface area contributed by atoms with Crippen molar-refractivity contribution in [1.82, 2.24) is 0 Å². The number of rotatable bonds is 4. The van der Waals surface area contributed by atoms with Crippen LogP contribution in [-0.4, -0.2) is 12.5 Å². The third-order valence-electron chi connectivity index (χ3n) is 3.01. The van der Waals surface area contributed by atoms with Crippen molar-refractivity contribution in [3.05, 3.63) is 52.5 Å². The van der Waals surface area contributed by atoms with Crippen LogP contribution in [0.4, 0.5) is 11.4 Å². The zero-order valence-electron chi connectivity index (χ0n) is 11.9. The van der Waals surface area contributed by atoms with Gasteiger partial charge in [-0.05, 0) is 43.2 Å². The molecule has 0 spiro atoms. The molecule has 0 aliphatic rings. The first kappa shape index (κ1) is 15.2. The summed E-state index contributed by atoms with van der Waals surface area (Å²) in [6, 6.07) is 10.9. The molecular formula is C16H17ClN2O2.